The second-order valence-corrected chi connectivity index (χ2v) is 3.71. The first-order valence-electron chi connectivity index (χ1n) is 5.60. The van der Waals surface area contributed by atoms with E-state index in [1.807, 2.05) is 6.07 Å². The van der Waals surface area contributed by atoms with Gasteiger partial charge in [-0.2, -0.15) is 0 Å². The Balaban J connectivity index is 2.32. The molecule has 0 atom stereocenters. The summed E-state index contributed by atoms with van der Waals surface area (Å²) in [5.41, 5.74) is 1.01. The Morgan fingerprint density at radius 1 is 1.17 bits per heavy atom. The average Bonchev–Trinajstić information content (AvgIpc) is 2.41. The molecule has 18 heavy (non-hydrogen) atoms. The van der Waals surface area contributed by atoms with Crippen LogP contribution in [0.15, 0.2) is 58.0 Å². The standard InChI is InChI=1S/C15H12O3/c16-10-6-2-1-3-7-12-11-18-14-9-5-4-8-13(14)15(12)17/h1-5,7-11H,6H2/b2-1+,7-3+. The van der Waals surface area contributed by atoms with Gasteiger partial charge in [0.2, 0.25) is 0 Å². The van der Waals surface area contributed by atoms with Gasteiger partial charge in [-0.25, -0.2) is 0 Å². The molecule has 1 aromatic carbocycles. The van der Waals surface area contributed by atoms with Crippen LogP contribution in [0.2, 0.25) is 0 Å². The minimum absolute atomic E-state index is 0.0584. The van der Waals surface area contributed by atoms with E-state index < -0.39 is 0 Å². The molecule has 0 aliphatic carbocycles. The number of fused-ring (bicyclic) bond motifs is 1. The summed E-state index contributed by atoms with van der Waals surface area (Å²) in [4.78, 5) is 22.2. The molecule has 0 aliphatic heterocycles. The summed E-state index contributed by atoms with van der Waals surface area (Å²) >= 11 is 0. The van der Waals surface area contributed by atoms with Crippen molar-refractivity contribution in [2.75, 3.05) is 0 Å². The van der Waals surface area contributed by atoms with Crippen molar-refractivity contribution >= 4 is 23.3 Å². The van der Waals surface area contributed by atoms with E-state index in [-0.39, 0.29) is 5.43 Å². The highest BCUT2D eigenvalue weighted by Gasteiger charge is 2.02. The van der Waals surface area contributed by atoms with Crippen molar-refractivity contribution in [1.29, 1.82) is 0 Å². The molecule has 0 radical (unpaired) electrons. The normalized spacial score (nSPS) is 11.6. The summed E-state index contributed by atoms with van der Waals surface area (Å²) in [7, 11) is 0. The first kappa shape index (κ1) is 12.0. The van der Waals surface area contributed by atoms with Gasteiger partial charge in [0.25, 0.3) is 0 Å². The number of hydrogen-bond donors (Lipinski definition) is 0. The monoisotopic (exact) mass is 240 g/mol. The predicted molar refractivity (Wildman–Crippen MR) is 71.3 cm³/mol. The highest BCUT2D eigenvalue weighted by Crippen LogP contribution is 2.11. The SMILES string of the molecule is O=CC/C=C/C=C/c1coc2ccccc2c1=O. The van der Waals surface area contributed by atoms with Crippen LogP contribution in [0.1, 0.15) is 12.0 Å². The van der Waals surface area contributed by atoms with Crippen LogP contribution in [0.25, 0.3) is 17.0 Å². The zero-order chi connectivity index (χ0) is 12.8. The van der Waals surface area contributed by atoms with Gasteiger partial charge >= 0.3 is 0 Å². The molecule has 0 unspecified atom stereocenters. The van der Waals surface area contributed by atoms with Crippen molar-refractivity contribution in [3.63, 3.8) is 0 Å². The van der Waals surface area contributed by atoms with Crippen LogP contribution >= 0.6 is 0 Å². The fourth-order valence-corrected chi connectivity index (χ4v) is 1.58. The number of benzene rings is 1. The molecule has 3 heteroatoms. The number of allylic oxidation sites excluding steroid dienone is 3. The molecule has 0 aliphatic rings. The zero-order valence-corrected chi connectivity index (χ0v) is 9.71. The van der Waals surface area contributed by atoms with Gasteiger partial charge in [-0.15, -0.1) is 0 Å². The lowest BCUT2D eigenvalue weighted by atomic mass is 10.1. The van der Waals surface area contributed by atoms with E-state index in [0.29, 0.717) is 23.0 Å². The molecular formula is C15H12O3. The molecule has 0 saturated heterocycles. The summed E-state index contributed by atoms with van der Waals surface area (Å²) in [5, 5.41) is 0.566. The summed E-state index contributed by atoms with van der Waals surface area (Å²) in [6, 6.07) is 7.12. The van der Waals surface area contributed by atoms with Crippen molar-refractivity contribution in [3.05, 3.63) is 64.5 Å². The Morgan fingerprint density at radius 3 is 2.83 bits per heavy atom. The number of aldehydes is 1. The highest BCUT2D eigenvalue weighted by molar-refractivity contribution is 5.78. The molecule has 1 heterocycles. The van der Waals surface area contributed by atoms with E-state index in [1.54, 1.807) is 42.5 Å². The summed E-state index contributed by atoms with van der Waals surface area (Å²) < 4.78 is 5.37. The molecule has 90 valence electrons. The zero-order valence-electron chi connectivity index (χ0n) is 9.71. The minimum Gasteiger partial charge on any atom is -0.463 e. The molecule has 0 bridgehead atoms. The highest BCUT2D eigenvalue weighted by atomic mass is 16.3. The summed E-state index contributed by atoms with van der Waals surface area (Å²) in [6.45, 7) is 0. The lowest BCUT2D eigenvalue weighted by molar-refractivity contribution is -0.107. The number of carbonyl (C=O) groups is 1. The van der Waals surface area contributed by atoms with E-state index >= 15 is 0 Å². The fraction of sp³-hybridized carbons (Fsp3) is 0.0667. The summed E-state index contributed by atoms with van der Waals surface area (Å²) in [6.07, 6.45) is 9.44. The summed E-state index contributed by atoms with van der Waals surface area (Å²) in [5.74, 6) is 0. The number of hydrogen-bond acceptors (Lipinski definition) is 3. The predicted octanol–water partition coefficient (Wildman–Crippen LogP) is 2.95. The Bertz CT molecular complexity index is 663. The fourth-order valence-electron chi connectivity index (χ4n) is 1.58. The van der Waals surface area contributed by atoms with Gasteiger partial charge in [-0.3, -0.25) is 4.79 Å². The molecular weight excluding hydrogens is 228 g/mol. The number of para-hydroxylation sites is 1. The minimum atomic E-state index is -0.0584. The van der Waals surface area contributed by atoms with Crippen LogP contribution in [0.4, 0.5) is 0 Å². The van der Waals surface area contributed by atoms with E-state index in [0.717, 1.165) is 6.29 Å². The van der Waals surface area contributed by atoms with Crippen molar-refractivity contribution < 1.29 is 9.21 Å². The Labute approximate surface area is 104 Å². The molecule has 1 aromatic heterocycles. The van der Waals surface area contributed by atoms with Crippen molar-refractivity contribution in [1.82, 2.24) is 0 Å². The van der Waals surface area contributed by atoms with E-state index in [1.165, 1.54) is 6.26 Å². The molecule has 0 fully saturated rings. The van der Waals surface area contributed by atoms with Crippen LogP contribution in [-0.4, -0.2) is 6.29 Å². The van der Waals surface area contributed by atoms with E-state index in [9.17, 15) is 9.59 Å². The van der Waals surface area contributed by atoms with Crippen LogP contribution < -0.4 is 5.43 Å². The average molecular weight is 240 g/mol. The Morgan fingerprint density at radius 2 is 2.00 bits per heavy atom. The lowest BCUT2D eigenvalue weighted by Gasteiger charge is -1.96. The molecule has 3 nitrogen and oxygen atoms in total. The van der Waals surface area contributed by atoms with Gasteiger partial charge in [0.05, 0.1) is 10.9 Å². The van der Waals surface area contributed by atoms with Crippen LogP contribution in [0, 0.1) is 0 Å². The maximum Gasteiger partial charge on any atom is 0.199 e. The molecule has 0 amide bonds. The van der Waals surface area contributed by atoms with Gasteiger partial charge < -0.3 is 9.21 Å². The third kappa shape index (κ3) is 2.63. The largest absolute Gasteiger partial charge is 0.463 e. The van der Waals surface area contributed by atoms with E-state index in [2.05, 4.69) is 0 Å². The van der Waals surface area contributed by atoms with Crippen LogP contribution in [0.3, 0.4) is 0 Å². The topological polar surface area (TPSA) is 47.3 Å². The molecule has 0 spiro atoms. The Kier molecular flexibility index (Phi) is 3.86. The van der Waals surface area contributed by atoms with E-state index in [4.69, 9.17) is 4.42 Å². The second-order valence-electron chi connectivity index (χ2n) is 3.71. The molecule has 2 aromatic rings. The molecule has 0 N–H and O–H groups in total. The number of carbonyl (C=O) groups excluding carboxylic acids is 1. The first-order valence-corrected chi connectivity index (χ1v) is 5.60. The maximum absolute atomic E-state index is 12.1. The van der Waals surface area contributed by atoms with Crippen LogP contribution in [0.5, 0.6) is 0 Å². The third-order valence-corrected chi connectivity index (χ3v) is 2.46. The van der Waals surface area contributed by atoms with Gasteiger partial charge in [-0.05, 0) is 18.2 Å². The van der Waals surface area contributed by atoms with Gasteiger partial charge in [0.15, 0.2) is 5.43 Å². The third-order valence-electron chi connectivity index (χ3n) is 2.46. The van der Waals surface area contributed by atoms with Gasteiger partial charge in [0.1, 0.15) is 18.1 Å². The lowest BCUT2D eigenvalue weighted by Crippen LogP contribution is -2.04. The quantitative estimate of drug-likeness (QED) is 0.609. The second kappa shape index (κ2) is 5.77. The maximum atomic E-state index is 12.1. The Hall–Kier alpha value is -2.42. The van der Waals surface area contributed by atoms with Crippen molar-refractivity contribution in [3.8, 4) is 0 Å². The van der Waals surface area contributed by atoms with Gasteiger partial charge in [0, 0.05) is 6.42 Å². The van der Waals surface area contributed by atoms with Crippen LogP contribution in [-0.2, 0) is 4.79 Å². The number of rotatable bonds is 4. The van der Waals surface area contributed by atoms with Crippen molar-refractivity contribution in [2.45, 2.75) is 6.42 Å². The smallest absolute Gasteiger partial charge is 0.199 e. The van der Waals surface area contributed by atoms with Crippen molar-refractivity contribution in [2.24, 2.45) is 0 Å². The molecule has 2 rings (SSSR count). The van der Waals surface area contributed by atoms with Gasteiger partial charge in [-0.1, -0.05) is 30.4 Å². The molecule has 0 saturated carbocycles. The first-order chi connectivity index (χ1) is 8.83.